The highest BCUT2D eigenvalue weighted by molar-refractivity contribution is 6.11. The van der Waals surface area contributed by atoms with Gasteiger partial charge in [0.25, 0.3) is 0 Å². The monoisotopic (exact) mass is 678 g/mol. The number of furan rings is 1. The van der Waals surface area contributed by atoms with Crippen molar-refractivity contribution in [1.29, 1.82) is 0 Å². The lowest BCUT2D eigenvalue weighted by Crippen LogP contribution is -2.00. The molecular formula is C50H34N2O. The van der Waals surface area contributed by atoms with Crippen molar-refractivity contribution in [2.75, 3.05) is 0 Å². The van der Waals surface area contributed by atoms with E-state index in [1.54, 1.807) is 0 Å². The summed E-state index contributed by atoms with van der Waals surface area (Å²) < 4.78 is 11.1. The molecule has 0 atom stereocenters. The minimum Gasteiger partial charge on any atom is -0.456 e. The molecule has 0 radical (unpaired) electrons. The molecule has 11 rings (SSSR count). The number of hydrogen-bond donors (Lipinski definition) is 0. The number of aromatic nitrogens is 2. The van der Waals surface area contributed by atoms with Crippen LogP contribution in [0, 0.1) is 13.8 Å². The van der Waals surface area contributed by atoms with Crippen molar-refractivity contribution in [3.05, 3.63) is 181 Å². The minimum absolute atomic E-state index is 0.904. The zero-order chi connectivity index (χ0) is 35.2. The highest BCUT2D eigenvalue weighted by atomic mass is 16.3. The van der Waals surface area contributed by atoms with Crippen LogP contribution < -0.4 is 0 Å². The molecule has 0 aliphatic heterocycles. The predicted octanol–water partition coefficient (Wildman–Crippen LogP) is 13.7. The molecule has 0 spiro atoms. The van der Waals surface area contributed by atoms with Gasteiger partial charge < -0.3 is 13.6 Å². The van der Waals surface area contributed by atoms with Crippen LogP contribution in [0.3, 0.4) is 0 Å². The second-order valence-corrected chi connectivity index (χ2v) is 14.3. The Bertz CT molecular complexity index is 3130. The summed E-state index contributed by atoms with van der Waals surface area (Å²) in [6.07, 6.45) is 0. The lowest BCUT2D eigenvalue weighted by molar-refractivity contribution is 0.669. The lowest BCUT2D eigenvalue weighted by Gasteiger charge is -2.18. The fourth-order valence-corrected chi connectivity index (χ4v) is 8.88. The highest BCUT2D eigenvalue weighted by Crippen LogP contribution is 2.41. The summed E-state index contributed by atoms with van der Waals surface area (Å²) in [5.41, 5.74) is 16.2. The number of nitrogens with zero attached hydrogens (tertiary/aromatic N) is 2. The first-order valence-corrected chi connectivity index (χ1v) is 18.3. The van der Waals surface area contributed by atoms with Crippen LogP contribution in [0.5, 0.6) is 0 Å². The topological polar surface area (TPSA) is 23.0 Å². The standard InChI is InChI=1S/C50H34N2O/c1-31-25-36(51-44-18-8-3-13-38(44)39-14-4-9-19-45(39)51)26-32(2)50(31)35-27-34(33-23-24-49-43(30-33)42-17-7-12-22-48(42)53-49)28-37(29-35)52-46-20-10-5-15-40(46)41-16-6-11-21-47(41)52/h3-30H,1-2H3. The van der Waals surface area contributed by atoms with Crippen LogP contribution in [0.2, 0.25) is 0 Å². The van der Waals surface area contributed by atoms with Crippen LogP contribution in [0.15, 0.2) is 174 Å². The number of rotatable bonds is 4. The Hall–Kier alpha value is -6.84. The maximum atomic E-state index is 6.24. The van der Waals surface area contributed by atoms with Gasteiger partial charge in [-0.2, -0.15) is 0 Å². The normalized spacial score (nSPS) is 12.0. The Balaban J connectivity index is 1.17. The second kappa shape index (κ2) is 11.3. The van der Waals surface area contributed by atoms with Crippen LogP contribution in [-0.4, -0.2) is 9.13 Å². The van der Waals surface area contributed by atoms with Gasteiger partial charge in [0.1, 0.15) is 11.2 Å². The molecule has 0 fully saturated rings. The Morgan fingerprint density at radius 3 is 1.32 bits per heavy atom. The predicted molar refractivity (Wildman–Crippen MR) is 223 cm³/mol. The molecule has 53 heavy (non-hydrogen) atoms. The van der Waals surface area contributed by atoms with E-state index >= 15 is 0 Å². The van der Waals surface area contributed by atoms with E-state index in [4.69, 9.17) is 4.42 Å². The third-order valence-electron chi connectivity index (χ3n) is 11.1. The average molecular weight is 679 g/mol. The zero-order valence-corrected chi connectivity index (χ0v) is 29.5. The third kappa shape index (κ3) is 4.47. The Kier molecular flexibility index (Phi) is 6.38. The first-order valence-electron chi connectivity index (χ1n) is 18.3. The van der Waals surface area contributed by atoms with Gasteiger partial charge in [-0.25, -0.2) is 0 Å². The molecule has 3 heteroatoms. The Morgan fingerprint density at radius 2 is 0.774 bits per heavy atom. The fourth-order valence-electron chi connectivity index (χ4n) is 8.88. The van der Waals surface area contributed by atoms with E-state index in [0.717, 1.165) is 38.8 Å². The van der Waals surface area contributed by atoms with Gasteiger partial charge in [0.2, 0.25) is 0 Å². The van der Waals surface area contributed by atoms with Crippen LogP contribution in [-0.2, 0) is 0 Å². The smallest absolute Gasteiger partial charge is 0.135 e. The van der Waals surface area contributed by atoms with Gasteiger partial charge in [-0.15, -0.1) is 0 Å². The van der Waals surface area contributed by atoms with Gasteiger partial charge >= 0.3 is 0 Å². The zero-order valence-electron chi connectivity index (χ0n) is 29.5. The molecule has 0 unspecified atom stereocenters. The molecule has 11 aromatic rings. The van der Waals surface area contributed by atoms with Crippen molar-refractivity contribution in [3.8, 4) is 33.6 Å². The number of benzene rings is 8. The van der Waals surface area contributed by atoms with Gasteiger partial charge in [0, 0.05) is 43.7 Å². The first-order chi connectivity index (χ1) is 26.1. The van der Waals surface area contributed by atoms with E-state index in [1.165, 1.54) is 71.6 Å². The van der Waals surface area contributed by atoms with Crippen molar-refractivity contribution < 1.29 is 4.42 Å². The van der Waals surface area contributed by atoms with E-state index in [9.17, 15) is 0 Å². The van der Waals surface area contributed by atoms with Crippen molar-refractivity contribution >= 4 is 65.6 Å². The van der Waals surface area contributed by atoms with E-state index in [-0.39, 0.29) is 0 Å². The van der Waals surface area contributed by atoms with Gasteiger partial charge in [0.15, 0.2) is 0 Å². The summed E-state index contributed by atoms with van der Waals surface area (Å²) in [7, 11) is 0. The molecule has 8 aromatic carbocycles. The molecule has 0 amide bonds. The molecule has 0 aliphatic carbocycles. The van der Waals surface area contributed by atoms with Crippen molar-refractivity contribution in [3.63, 3.8) is 0 Å². The quantitative estimate of drug-likeness (QED) is 0.182. The molecule has 0 bridgehead atoms. The van der Waals surface area contributed by atoms with Crippen molar-refractivity contribution in [2.24, 2.45) is 0 Å². The molecule has 0 saturated heterocycles. The number of aryl methyl sites for hydroxylation is 2. The van der Waals surface area contributed by atoms with E-state index in [1.807, 2.05) is 12.1 Å². The Labute approximate surface area is 306 Å². The molecule has 0 saturated carbocycles. The fraction of sp³-hybridized carbons (Fsp3) is 0.0400. The first kappa shape index (κ1) is 29.8. The van der Waals surface area contributed by atoms with Gasteiger partial charge in [-0.3, -0.25) is 0 Å². The highest BCUT2D eigenvalue weighted by Gasteiger charge is 2.19. The molecule has 250 valence electrons. The summed E-state index contributed by atoms with van der Waals surface area (Å²) in [6, 6.07) is 61.7. The molecular weight excluding hydrogens is 645 g/mol. The Morgan fingerprint density at radius 1 is 0.340 bits per heavy atom. The van der Waals surface area contributed by atoms with E-state index in [0.29, 0.717) is 0 Å². The molecule has 3 nitrogen and oxygen atoms in total. The van der Waals surface area contributed by atoms with Gasteiger partial charge in [-0.05, 0) is 120 Å². The number of fused-ring (bicyclic) bond motifs is 9. The number of para-hydroxylation sites is 5. The molecule has 3 heterocycles. The van der Waals surface area contributed by atoms with Crippen molar-refractivity contribution in [1.82, 2.24) is 9.13 Å². The van der Waals surface area contributed by atoms with Crippen LogP contribution >= 0.6 is 0 Å². The van der Waals surface area contributed by atoms with Crippen LogP contribution in [0.1, 0.15) is 11.1 Å². The summed E-state index contributed by atoms with van der Waals surface area (Å²) in [4.78, 5) is 0. The summed E-state index contributed by atoms with van der Waals surface area (Å²) >= 11 is 0. The van der Waals surface area contributed by atoms with E-state index in [2.05, 4.69) is 181 Å². The maximum absolute atomic E-state index is 6.24. The van der Waals surface area contributed by atoms with Gasteiger partial charge in [0.05, 0.1) is 22.1 Å². The van der Waals surface area contributed by atoms with Crippen molar-refractivity contribution in [2.45, 2.75) is 13.8 Å². The third-order valence-corrected chi connectivity index (χ3v) is 11.1. The second-order valence-electron chi connectivity index (χ2n) is 14.3. The summed E-state index contributed by atoms with van der Waals surface area (Å²) in [5.74, 6) is 0. The van der Waals surface area contributed by atoms with Gasteiger partial charge in [-0.1, -0.05) is 97.1 Å². The van der Waals surface area contributed by atoms with Crippen LogP contribution in [0.4, 0.5) is 0 Å². The van der Waals surface area contributed by atoms with Crippen LogP contribution in [0.25, 0.3) is 99.2 Å². The minimum atomic E-state index is 0.904. The summed E-state index contributed by atoms with van der Waals surface area (Å²) in [5, 5.41) is 7.32. The maximum Gasteiger partial charge on any atom is 0.135 e. The molecule has 0 N–H and O–H groups in total. The van der Waals surface area contributed by atoms with E-state index < -0.39 is 0 Å². The largest absolute Gasteiger partial charge is 0.456 e. The molecule has 0 aliphatic rings. The average Bonchev–Trinajstić information content (AvgIpc) is 3.85. The molecule has 3 aromatic heterocycles. The summed E-state index contributed by atoms with van der Waals surface area (Å²) in [6.45, 7) is 4.52. The SMILES string of the molecule is Cc1cc(-n2c3ccccc3c3ccccc32)cc(C)c1-c1cc(-c2ccc3oc4ccccc4c3c2)cc(-n2c3ccccc3c3ccccc32)c1. The lowest BCUT2D eigenvalue weighted by atomic mass is 9.91. The number of hydrogen-bond acceptors (Lipinski definition) is 1.